The standard InChI is InChI=1S/C13H27N3O/c1-12(2,13(3,4)14)11(17)15-8-9-16(5)10-6-7-10/h10H,6-9,14H2,1-5H3,(H,15,17). The number of nitrogens with two attached hydrogens (primary N) is 1. The molecular weight excluding hydrogens is 214 g/mol. The van der Waals surface area contributed by atoms with E-state index in [9.17, 15) is 4.79 Å². The third-order valence-electron chi connectivity index (χ3n) is 4.10. The molecule has 4 heteroatoms. The van der Waals surface area contributed by atoms with Gasteiger partial charge in [0, 0.05) is 24.7 Å². The molecule has 0 heterocycles. The second-order valence-electron chi connectivity index (χ2n) is 6.31. The summed E-state index contributed by atoms with van der Waals surface area (Å²) in [7, 11) is 2.11. The number of amides is 1. The van der Waals surface area contributed by atoms with Gasteiger partial charge in [-0.15, -0.1) is 0 Å². The molecule has 0 aromatic heterocycles. The Hall–Kier alpha value is -0.610. The molecule has 1 aliphatic rings. The van der Waals surface area contributed by atoms with Gasteiger partial charge in [0.2, 0.25) is 5.91 Å². The highest BCUT2D eigenvalue weighted by Gasteiger charge is 2.40. The second kappa shape index (κ2) is 4.94. The van der Waals surface area contributed by atoms with Crippen LogP contribution in [0.3, 0.4) is 0 Å². The Kier molecular flexibility index (Phi) is 4.20. The number of hydrogen-bond acceptors (Lipinski definition) is 3. The largest absolute Gasteiger partial charge is 0.354 e. The van der Waals surface area contributed by atoms with E-state index in [2.05, 4.69) is 17.3 Å². The predicted molar refractivity (Wildman–Crippen MR) is 70.7 cm³/mol. The lowest BCUT2D eigenvalue weighted by molar-refractivity contribution is -0.132. The molecule has 0 bridgehead atoms. The molecule has 4 nitrogen and oxygen atoms in total. The Morgan fingerprint density at radius 2 is 1.88 bits per heavy atom. The fourth-order valence-corrected chi connectivity index (χ4v) is 1.56. The average Bonchev–Trinajstić information content (AvgIpc) is 2.98. The van der Waals surface area contributed by atoms with Gasteiger partial charge in [-0.1, -0.05) is 0 Å². The van der Waals surface area contributed by atoms with Crippen LogP contribution in [0.25, 0.3) is 0 Å². The number of carbonyl (C=O) groups excluding carboxylic acids is 1. The van der Waals surface area contributed by atoms with Crippen molar-refractivity contribution in [3.63, 3.8) is 0 Å². The van der Waals surface area contributed by atoms with E-state index in [1.165, 1.54) is 12.8 Å². The van der Waals surface area contributed by atoms with Gasteiger partial charge in [-0.2, -0.15) is 0 Å². The molecule has 0 radical (unpaired) electrons. The first-order valence-electron chi connectivity index (χ1n) is 6.43. The average molecular weight is 241 g/mol. The summed E-state index contributed by atoms with van der Waals surface area (Å²) in [6.45, 7) is 9.19. The molecule has 17 heavy (non-hydrogen) atoms. The van der Waals surface area contributed by atoms with Crippen molar-refractivity contribution in [3.8, 4) is 0 Å². The van der Waals surface area contributed by atoms with Crippen molar-refractivity contribution in [2.24, 2.45) is 11.1 Å². The van der Waals surface area contributed by atoms with Gasteiger partial charge in [0.25, 0.3) is 0 Å². The summed E-state index contributed by atoms with van der Waals surface area (Å²) in [5.74, 6) is 0.0363. The van der Waals surface area contributed by atoms with Crippen molar-refractivity contribution in [2.45, 2.75) is 52.1 Å². The van der Waals surface area contributed by atoms with Gasteiger partial charge in [-0.3, -0.25) is 4.79 Å². The van der Waals surface area contributed by atoms with Crippen LogP contribution in [0.1, 0.15) is 40.5 Å². The SMILES string of the molecule is CN(CCNC(=O)C(C)(C)C(C)(C)N)C1CC1. The molecule has 100 valence electrons. The molecule has 1 rings (SSSR count). The number of nitrogens with zero attached hydrogens (tertiary/aromatic N) is 1. The molecule has 0 saturated heterocycles. The molecule has 1 saturated carbocycles. The molecule has 1 fully saturated rings. The normalized spacial score (nSPS) is 17.4. The highest BCUT2D eigenvalue weighted by molar-refractivity contribution is 5.83. The second-order valence-corrected chi connectivity index (χ2v) is 6.31. The lowest BCUT2D eigenvalue weighted by Gasteiger charge is -2.37. The van der Waals surface area contributed by atoms with Crippen molar-refractivity contribution in [1.29, 1.82) is 0 Å². The molecule has 0 unspecified atom stereocenters. The summed E-state index contributed by atoms with van der Waals surface area (Å²) < 4.78 is 0. The summed E-state index contributed by atoms with van der Waals surface area (Å²) in [4.78, 5) is 14.4. The maximum atomic E-state index is 12.1. The third-order valence-corrected chi connectivity index (χ3v) is 4.10. The minimum atomic E-state index is -0.550. The number of hydrogen-bond donors (Lipinski definition) is 2. The van der Waals surface area contributed by atoms with E-state index in [-0.39, 0.29) is 5.91 Å². The smallest absolute Gasteiger partial charge is 0.227 e. The minimum absolute atomic E-state index is 0.0363. The molecule has 1 amide bonds. The van der Waals surface area contributed by atoms with Crippen LogP contribution in [0.2, 0.25) is 0 Å². The van der Waals surface area contributed by atoms with E-state index < -0.39 is 11.0 Å². The summed E-state index contributed by atoms with van der Waals surface area (Å²) in [6.07, 6.45) is 2.59. The minimum Gasteiger partial charge on any atom is -0.354 e. The van der Waals surface area contributed by atoms with Crippen LogP contribution < -0.4 is 11.1 Å². The Labute approximate surface area is 105 Å². The molecule has 0 aromatic carbocycles. The lowest BCUT2D eigenvalue weighted by atomic mass is 9.74. The molecule has 0 aliphatic heterocycles. The topological polar surface area (TPSA) is 58.4 Å². The van der Waals surface area contributed by atoms with Crippen LogP contribution in [-0.4, -0.2) is 42.5 Å². The van der Waals surface area contributed by atoms with E-state index in [0.29, 0.717) is 6.54 Å². The fourth-order valence-electron chi connectivity index (χ4n) is 1.56. The van der Waals surface area contributed by atoms with Crippen molar-refractivity contribution < 1.29 is 4.79 Å². The highest BCUT2D eigenvalue weighted by atomic mass is 16.2. The quantitative estimate of drug-likeness (QED) is 0.728. The lowest BCUT2D eigenvalue weighted by Crippen LogP contribution is -2.56. The van der Waals surface area contributed by atoms with Crippen LogP contribution in [0.15, 0.2) is 0 Å². The number of nitrogens with one attached hydrogen (secondary N) is 1. The van der Waals surface area contributed by atoms with Crippen molar-refractivity contribution >= 4 is 5.91 Å². The Bertz CT molecular complexity index is 277. The van der Waals surface area contributed by atoms with Gasteiger partial charge in [-0.05, 0) is 47.6 Å². The zero-order valence-corrected chi connectivity index (χ0v) is 11.8. The first kappa shape index (κ1) is 14.5. The molecule has 0 atom stereocenters. The van der Waals surface area contributed by atoms with Gasteiger partial charge < -0.3 is 16.0 Å². The maximum Gasteiger partial charge on any atom is 0.227 e. The first-order chi connectivity index (χ1) is 7.66. The number of carbonyl (C=O) groups is 1. The fraction of sp³-hybridized carbons (Fsp3) is 0.923. The molecular formula is C13H27N3O. The Morgan fingerprint density at radius 1 is 1.35 bits per heavy atom. The van der Waals surface area contributed by atoms with Crippen LogP contribution >= 0.6 is 0 Å². The van der Waals surface area contributed by atoms with Gasteiger partial charge in [0.1, 0.15) is 0 Å². The van der Waals surface area contributed by atoms with Crippen LogP contribution in [0.5, 0.6) is 0 Å². The third kappa shape index (κ3) is 3.68. The van der Waals surface area contributed by atoms with E-state index in [1.807, 2.05) is 27.7 Å². The van der Waals surface area contributed by atoms with Crippen LogP contribution in [0.4, 0.5) is 0 Å². The van der Waals surface area contributed by atoms with Gasteiger partial charge in [-0.25, -0.2) is 0 Å². The molecule has 3 N–H and O–H groups in total. The Balaban J connectivity index is 2.33. The zero-order chi connectivity index (χ0) is 13.3. The number of likely N-dealkylation sites (N-methyl/N-ethyl adjacent to an activating group) is 1. The summed E-state index contributed by atoms with van der Waals surface area (Å²) in [5.41, 5.74) is 4.97. The maximum absolute atomic E-state index is 12.1. The summed E-state index contributed by atoms with van der Waals surface area (Å²) >= 11 is 0. The van der Waals surface area contributed by atoms with E-state index >= 15 is 0 Å². The number of rotatable bonds is 6. The van der Waals surface area contributed by atoms with Crippen molar-refractivity contribution in [3.05, 3.63) is 0 Å². The van der Waals surface area contributed by atoms with Crippen LogP contribution in [0, 0.1) is 5.41 Å². The molecule has 1 aliphatic carbocycles. The predicted octanol–water partition coefficient (Wildman–Crippen LogP) is 0.960. The van der Waals surface area contributed by atoms with Crippen LogP contribution in [-0.2, 0) is 4.79 Å². The zero-order valence-electron chi connectivity index (χ0n) is 11.8. The van der Waals surface area contributed by atoms with Crippen molar-refractivity contribution in [1.82, 2.24) is 10.2 Å². The monoisotopic (exact) mass is 241 g/mol. The van der Waals surface area contributed by atoms with Gasteiger partial charge in [0.05, 0.1) is 5.41 Å². The summed E-state index contributed by atoms with van der Waals surface area (Å²) in [5, 5.41) is 2.98. The summed E-state index contributed by atoms with van der Waals surface area (Å²) in [6, 6.07) is 0.742. The van der Waals surface area contributed by atoms with Gasteiger partial charge in [0.15, 0.2) is 0 Å². The first-order valence-corrected chi connectivity index (χ1v) is 6.43. The highest BCUT2D eigenvalue weighted by Crippen LogP contribution is 2.28. The van der Waals surface area contributed by atoms with E-state index in [4.69, 9.17) is 5.73 Å². The van der Waals surface area contributed by atoms with Crippen molar-refractivity contribution in [2.75, 3.05) is 20.1 Å². The van der Waals surface area contributed by atoms with Gasteiger partial charge >= 0.3 is 0 Å². The Morgan fingerprint density at radius 3 is 2.29 bits per heavy atom. The van der Waals surface area contributed by atoms with E-state index in [0.717, 1.165) is 12.6 Å². The molecule has 0 aromatic rings. The van der Waals surface area contributed by atoms with E-state index in [1.54, 1.807) is 0 Å². The molecule has 0 spiro atoms.